The van der Waals surface area contributed by atoms with Crippen LogP contribution in [-0.4, -0.2) is 18.9 Å². The molecule has 1 aliphatic carbocycles. The average molecular weight is 503 g/mol. The number of fused-ring (bicyclic) bond motifs is 2. The molecule has 0 atom stereocenters. The maximum absolute atomic E-state index is 12.6. The highest BCUT2D eigenvalue weighted by Gasteiger charge is 2.06. The molecule has 0 aromatic heterocycles. The lowest BCUT2D eigenvalue weighted by molar-refractivity contribution is -0.113. The highest BCUT2D eigenvalue weighted by Crippen LogP contribution is 2.23. The molecule has 0 amide bonds. The van der Waals surface area contributed by atoms with E-state index in [1.165, 1.54) is 33.0 Å². The molecule has 38 heavy (non-hydrogen) atoms. The summed E-state index contributed by atoms with van der Waals surface area (Å²) in [6.45, 7) is 5.51. The van der Waals surface area contributed by atoms with E-state index >= 15 is 0 Å². The zero-order valence-corrected chi connectivity index (χ0v) is 22.2. The number of rotatable bonds is 12. The first-order valence-electron chi connectivity index (χ1n) is 13.5. The van der Waals surface area contributed by atoms with Crippen molar-refractivity contribution >= 4 is 34.8 Å². The molecule has 0 heterocycles. The molecule has 3 aromatic carbocycles. The van der Waals surface area contributed by atoms with Gasteiger partial charge < -0.3 is 11.5 Å². The summed E-state index contributed by atoms with van der Waals surface area (Å²) in [6.07, 6.45) is 19.4. The summed E-state index contributed by atoms with van der Waals surface area (Å²) in [6, 6.07) is 19.4. The van der Waals surface area contributed by atoms with Crippen molar-refractivity contribution in [2.24, 2.45) is 11.5 Å². The predicted molar refractivity (Wildman–Crippen MR) is 164 cm³/mol. The second-order valence-corrected chi connectivity index (χ2v) is 9.97. The van der Waals surface area contributed by atoms with Gasteiger partial charge in [-0.1, -0.05) is 91.1 Å². The maximum atomic E-state index is 12.6. The normalized spacial score (nSPS) is 13.2. The SMILES string of the molecule is C=C(/C=C/c1ccc2cc(CCCN)ccc2c1)CC(=O)/C=C/c1ccc2c(c1)C=CC(CCCN)=CC2. The van der Waals surface area contributed by atoms with Crippen molar-refractivity contribution in [3.63, 3.8) is 0 Å². The van der Waals surface area contributed by atoms with Gasteiger partial charge >= 0.3 is 0 Å². The number of allylic oxidation sites excluding steroid dienone is 6. The van der Waals surface area contributed by atoms with Crippen molar-refractivity contribution in [3.8, 4) is 0 Å². The summed E-state index contributed by atoms with van der Waals surface area (Å²) in [5.41, 5.74) is 19.3. The van der Waals surface area contributed by atoms with E-state index < -0.39 is 0 Å². The Morgan fingerprint density at radius 3 is 2.37 bits per heavy atom. The molecule has 0 spiro atoms. The van der Waals surface area contributed by atoms with E-state index in [1.807, 2.05) is 18.2 Å². The van der Waals surface area contributed by atoms with Crippen LogP contribution in [0.2, 0.25) is 0 Å². The smallest absolute Gasteiger partial charge is 0.160 e. The van der Waals surface area contributed by atoms with Crippen molar-refractivity contribution in [3.05, 3.63) is 124 Å². The Bertz CT molecular complexity index is 1420. The third kappa shape index (κ3) is 7.85. The molecule has 194 valence electrons. The lowest BCUT2D eigenvalue weighted by Gasteiger charge is -2.05. The van der Waals surface area contributed by atoms with Crippen LogP contribution in [-0.2, 0) is 17.6 Å². The van der Waals surface area contributed by atoms with Gasteiger partial charge in [0.25, 0.3) is 0 Å². The van der Waals surface area contributed by atoms with Crippen LogP contribution < -0.4 is 11.5 Å². The minimum Gasteiger partial charge on any atom is -0.330 e. The van der Waals surface area contributed by atoms with Crippen LogP contribution in [0.5, 0.6) is 0 Å². The monoisotopic (exact) mass is 502 g/mol. The second kappa shape index (κ2) is 13.7. The van der Waals surface area contributed by atoms with Crippen LogP contribution in [0.1, 0.15) is 53.5 Å². The van der Waals surface area contributed by atoms with Gasteiger partial charge in [-0.25, -0.2) is 0 Å². The van der Waals surface area contributed by atoms with Gasteiger partial charge in [-0.2, -0.15) is 0 Å². The molecular formula is C35H38N2O. The fraction of sp³-hybridized carbons (Fsp3) is 0.229. The van der Waals surface area contributed by atoms with E-state index in [4.69, 9.17) is 11.5 Å². The maximum Gasteiger partial charge on any atom is 0.160 e. The summed E-state index contributed by atoms with van der Waals surface area (Å²) >= 11 is 0. The van der Waals surface area contributed by atoms with Crippen molar-refractivity contribution in [1.29, 1.82) is 0 Å². The summed E-state index contributed by atoms with van der Waals surface area (Å²) in [5.74, 6) is 0.0411. The number of carbonyl (C=O) groups is 1. The Labute approximate surface area is 226 Å². The van der Waals surface area contributed by atoms with E-state index in [0.29, 0.717) is 19.5 Å². The van der Waals surface area contributed by atoms with Crippen molar-refractivity contribution in [1.82, 2.24) is 0 Å². The zero-order valence-electron chi connectivity index (χ0n) is 22.2. The van der Waals surface area contributed by atoms with Crippen LogP contribution in [0.3, 0.4) is 0 Å². The van der Waals surface area contributed by atoms with E-state index in [9.17, 15) is 4.79 Å². The van der Waals surface area contributed by atoms with Crippen LogP contribution in [0.4, 0.5) is 0 Å². The van der Waals surface area contributed by atoms with Crippen LogP contribution >= 0.6 is 0 Å². The molecule has 0 aliphatic heterocycles. The number of carbonyl (C=O) groups excluding carboxylic acids is 1. The number of ketones is 1. The number of hydrogen-bond donors (Lipinski definition) is 2. The molecule has 0 saturated heterocycles. The van der Waals surface area contributed by atoms with Gasteiger partial charge in [0.05, 0.1) is 0 Å². The second-order valence-electron chi connectivity index (χ2n) is 9.97. The Balaban J connectivity index is 1.32. The molecule has 0 unspecified atom stereocenters. The lowest BCUT2D eigenvalue weighted by atomic mass is 10.0. The summed E-state index contributed by atoms with van der Waals surface area (Å²) in [4.78, 5) is 12.6. The van der Waals surface area contributed by atoms with Gasteiger partial charge in [0.1, 0.15) is 0 Å². The van der Waals surface area contributed by atoms with Gasteiger partial charge in [-0.05, 0) is 108 Å². The predicted octanol–water partition coefficient (Wildman–Crippen LogP) is 7.21. The van der Waals surface area contributed by atoms with Crippen LogP contribution in [0, 0.1) is 0 Å². The van der Waals surface area contributed by atoms with E-state index in [0.717, 1.165) is 48.8 Å². The molecule has 3 aromatic rings. The molecule has 4 N–H and O–H groups in total. The van der Waals surface area contributed by atoms with Crippen molar-refractivity contribution in [2.45, 2.75) is 38.5 Å². The molecule has 0 fully saturated rings. The number of nitrogens with two attached hydrogens (primary N) is 2. The molecule has 0 radical (unpaired) electrons. The minimum atomic E-state index is 0.0411. The largest absolute Gasteiger partial charge is 0.330 e. The van der Waals surface area contributed by atoms with Crippen molar-refractivity contribution in [2.75, 3.05) is 13.1 Å². The van der Waals surface area contributed by atoms with E-state index in [1.54, 1.807) is 6.08 Å². The number of benzene rings is 3. The topological polar surface area (TPSA) is 69.1 Å². The van der Waals surface area contributed by atoms with Gasteiger partial charge in [-0.3, -0.25) is 4.79 Å². The highest BCUT2D eigenvalue weighted by molar-refractivity contribution is 5.95. The first kappa shape index (κ1) is 27.3. The third-order valence-electron chi connectivity index (χ3n) is 6.87. The molecule has 0 bridgehead atoms. The van der Waals surface area contributed by atoms with Gasteiger partial charge in [0.15, 0.2) is 5.78 Å². The van der Waals surface area contributed by atoms with Crippen LogP contribution in [0.15, 0.2) is 96.6 Å². The van der Waals surface area contributed by atoms with Gasteiger partial charge in [0, 0.05) is 6.42 Å². The summed E-state index contributed by atoms with van der Waals surface area (Å²) in [7, 11) is 0. The lowest BCUT2D eigenvalue weighted by Crippen LogP contribution is -2.00. The molecular weight excluding hydrogens is 464 g/mol. The molecule has 1 aliphatic rings. The third-order valence-corrected chi connectivity index (χ3v) is 6.87. The molecule has 4 rings (SSSR count). The minimum absolute atomic E-state index is 0.0411. The van der Waals surface area contributed by atoms with E-state index in [-0.39, 0.29) is 5.78 Å². The zero-order chi connectivity index (χ0) is 26.7. The first-order valence-corrected chi connectivity index (χ1v) is 13.5. The highest BCUT2D eigenvalue weighted by atomic mass is 16.1. The Kier molecular flexibility index (Phi) is 9.80. The molecule has 3 nitrogen and oxygen atoms in total. The van der Waals surface area contributed by atoms with E-state index in [2.05, 4.69) is 79.4 Å². The average Bonchev–Trinajstić information content (AvgIpc) is 3.14. The molecule has 0 saturated carbocycles. The summed E-state index contributed by atoms with van der Waals surface area (Å²) in [5, 5.41) is 2.43. The summed E-state index contributed by atoms with van der Waals surface area (Å²) < 4.78 is 0. The Morgan fingerprint density at radius 2 is 1.53 bits per heavy atom. The fourth-order valence-electron chi connectivity index (χ4n) is 4.68. The standard InChI is InChI=1S/C35H38N2O/c1-26(6-7-29-12-18-33-23-28(5-3-21-37)11-17-34(33)25-29)22-35(38)19-13-30-10-15-31-14-8-27(4-2-20-36)9-16-32(31)24-30/h6-13,15-19,23-25H,1-5,14,20-22,36-37H2/b7-6+,19-13+. The Morgan fingerprint density at radius 1 is 0.816 bits per heavy atom. The quantitative estimate of drug-likeness (QED) is 0.203. The molecule has 3 heteroatoms. The fourth-order valence-corrected chi connectivity index (χ4v) is 4.68. The van der Waals surface area contributed by atoms with Gasteiger partial charge in [-0.15, -0.1) is 0 Å². The number of hydrogen-bond acceptors (Lipinski definition) is 3. The van der Waals surface area contributed by atoms with Gasteiger partial charge in [0.2, 0.25) is 0 Å². The van der Waals surface area contributed by atoms with Crippen molar-refractivity contribution < 1.29 is 4.79 Å². The van der Waals surface area contributed by atoms with Crippen LogP contribution in [0.25, 0.3) is 29.0 Å². The Hall–Kier alpha value is -3.79. The first-order chi connectivity index (χ1) is 18.5. The number of aryl methyl sites for hydroxylation is 1.